The monoisotopic (exact) mass is 414 g/mol. The molecule has 2 atom stereocenters. The first kappa shape index (κ1) is 19.1. The summed E-state index contributed by atoms with van der Waals surface area (Å²) in [6.07, 6.45) is -2.74. The average molecular weight is 415 g/mol. The Morgan fingerprint density at radius 3 is 2.54 bits per heavy atom. The first-order valence-corrected chi connectivity index (χ1v) is 9.64. The van der Waals surface area contributed by atoms with Gasteiger partial charge in [-0.15, -0.1) is 0 Å². The predicted octanol–water partition coefficient (Wildman–Crippen LogP) is 6.17. The summed E-state index contributed by atoms with van der Waals surface area (Å²) >= 11 is 11.8. The van der Waals surface area contributed by atoms with E-state index in [1.165, 1.54) is 6.07 Å². The van der Waals surface area contributed by atoms with Gasteiger partial charge in [-0.1, -0.05) is 48.1 Å². The third-order valence-corrected chi connectivity index (χ3v) is 6.61. The van der Waals surface area contributed by atoms with Crippen LogP contribution in [0.2, 0.25) is 5.02 Å². The number of halogens is 4. The van der Waals surface area contributed by atoms with Gasteiger partial charge in [-0.2, -0.15) is 13.2 Å². The number of hydrogen-bond acceptors (Lipinski definition) is 3. The molecule has 0 fully saturated rings. The molecule has 8 heteroatoms. The van der Waals surface area contributed by atoms with Crippen LogP contribution in [-0.2, 0) is 16.9 Å². The topological polar surface area (TPSA) is 27.1 Å². The molecule has 1 N–H and O–H groups in total. The molecule has 0 saturated heterocycles. The second-order valence-corrected chi connectivity index (χ2v) is 8.34. The van der Waals surface area contributed by atoms with Crippen LogP contribution < -0.4 is 4.90 Å². The van der Waals surface area contributed by atoms with Crippen molar-refractivity contribution in [3.8, 4) is 0 Å². The van der Waals surface area contributed by atoms with Crippen molar-refractivity contribution in [1.29, 1.82) is 4.78 Å². The smallest absolute Gasteiger partial charge is 0.328 e. The van der Waals surface area contributed by atoms with Crippen molar-refractivity contribution in [1.82, 2.24) is 0 Å². The van der Waals surface area contributed by atoms with Gasteiger partial charge in [0.15, 0.2) is 0 Å². The molecule has 2 aromatic rings. The molecule has 2 unspecified atom stereocenters. The summed E-state index contributed by atoms with van der Waals surface area (Å²) in [5, 5.41) is -0.114. The molecule has 0 saturated carbocycles. The van der Waals surface area contributed by atoms with Crippen LogP contribution in [0.3, 0.4) is 0 Å². The zero-order valence-electron chi connectivity index (χ0n) is 13.5. The number of alkyl halides is 3. The number of allylic oxidation sites excluding steroid dienone is 1. The van der Waals surface area contributed by atoms with Crippen LogP contribution in [0.1, 0.15) is 18.1 Å². The van der Waals surface area contributed by atoms with E-state index >= 15 is 0 Å². The summed E-state index contributed by atoms with van der Waals surface area (Å²) < 4.78 is 47.7. The lowest BCUT2D eigenvalue weighted by Gasteiger charge is -2.27. The molecular weight excluding hydrogens is 401 g/mol. The highest BCUT2D eigenvalue weighted by Crippen LogP contribution is 2.36. The minimum Gasteiger partial charge on any atom is -0.328 e. The van der Waals surface area contributed by atoms with E-state index in [2.05, 4.69) is 0 Å². The van der Waals surface area contributed by atoms with Gasteiger partial charge in [0.1, 0.15) is 5.37 Å². The fraction of sp³-hybridized carbons (Fsp3) is 0.167. The molecule has 0 radical (unpaired) electrons. The van der Waals surface area contributed by atoms with Crippen LogP contribution in [-0.4, -0.2) is 10.2 Å². The maximum Gasteiger partial charge on any atom is 0.416 e. The van der Waals surface area contributed by atoms with Gasteiger partial charge < -0.3 is 4.90 Å². The van der Waals surface area contributed by atoms with E-state index in [4.69, 9.17) is 28.6 Å². The highest BCUT2D eigenvalue weighted by atomic mass is 35.5. The molecule has 1 aliphatic rings. The lowest BCUT2D eigenvalue weighted by molar-refractivity contribution is -0.137. The number of thiocarbonyl (C=S) groups is 1. The Labute approximate surface area is 162 Å². The fourth-order valence-electron chi connectivity index (χ4n) is 2.69. The molecule has 0 aromatic heterocycles. The Kier molecular flexibility index (Phi) is 5.23. The van der Waals surface area contributed by atoms with Gasteiger partial charge in [0.2, 0.25) is 0 Å². The second kappa shape index (κ2) is 7.13. The SMILES string of the molecule is CC1=CN(c2cccc(C(F)(F)F)c2)C(C(=S)c2ccccc2Cl)S1=N. The van der Waals surface area contributed by atoms with Crippen LogP contribution in [0.25, 0.3) is 0 Å². The lowest BCUT2D eigenvalue weighted by atomic mass is 10.1. The van der Waals surface area contributed by atoms with Gasteiger partial charge in [-0.3, -0.25) is 4.78 Å². The van der Waals surface area contributed by atoms with Crippen molar-refractivity contribution in [2.45, 2.75) is 18.5 Å². The van der Waals surface area contributed by atoms with Gasteiger partial charge in [0, 0.05) is 27.4 Å². The molecule has 1 aliphatic heterocycles. The number of rotatable bonds is 3. The summed E-state index contributed by atoms with van der Waals surface area (Å²) in [5.74, 6) is 0. The Morgan fingerprint density at radius 1 is 1.19 bits per heavy atom. The van der Waals surface area contributed by atoms with Crippen molar-refractivity contribution in [2.24, 2.45) is 0 Å². The minimum absolute atomic E-state index is 0.348. The van der Waals surface area contributed by atoms with Crippen LogP contribution in [0.15, 0.2) is 59.6 Å². The van der Waals surface area contributed by atoms with E-state index in [1.54, 1.807) is 48.4 Å². The summed E-state index contributed by atoms with van der Waals surface area (Å²) in [6.45, 7) is 1.78. The zero-order chi connectivity index (χ0) is 19.1. The van der Waals surface area contributed by atoms with Gasteiger partial charge in [0.05, 0.1) is 10.4 Å². The standard InChI is InChI=1S/C18H14ClF3N2S2/c1-11-10-24(13-6-4-5-12(9-13)18(20,21)22)17(26(11)23)16(25)14-7-2-3-8-15(14)19/h2-10,17,23H,1H3. The summed E-state index contributed by atoms with van der Waals surface area (Å²) in [6, 6.07) is 12.1. The molecule has 0 amide bonds. The van der Waals surface area contributed by atoms with E-state index in [1.807, 2.05) is 0 Å². The molecule has 136 valence electrons. The normalized spacial score (nSPS) is 20.2. The largest absolute Gasteiger partial charge is 0.416 e. The molecule has 26 heavy (non-hydrogen) atoms. The maximum atomic E-state index is 13.1. The summed E-state index contributed by atoms with van der Waals surface area (Å²) in [4.78, 5) is 2.84. The van der Waals surface area contributed by atoms with Crippen molar-refractivity contribution < 1.29 is 13.2 Å². The Morgan fingerprint density at radius 2 is 1.88 bits per heavy atom. The number of nitrogens with zero attached hydrogens (tertiary/aromatic N) is 1. The van der Waals surface area contributed by atoms with E-state index < -0.39 is 27.8 Å². The Balaban J connectivity index is 2.04. The van der Waals surface area contributed by atoms with Gasteiger partial charge in [-0.05, 0) is 41.9 Å². The van der Waals surface area contributed by atoms with Crippen molar-refractivity contribution >= 4 is 45.1 Å². The van der Waals surface area contributed by atoms with Crippen molar-refractivity contribution in [3.63, 3.8) is 0 Å². The van der Waals surface area contributed by atoms with E-state index in [-0.39, 0.29) is 0 Å². The quantitative estimate of drug-likeness (QED) is 0.480. The van der Waals surface area contributed by atoms with E-state index in [9.17, 15) is 13.2 Å². The molecule has 2 aromatic carbocycles. The first-order valence-electron chi connectivity index (χ1n) is 7.57. The van der Waals surface area contributed by atoms with Gasteiger partial charge in [0.25, 0.3) is 0 Å². The van der Waals surface area contributed by atoms with Crippen molar-refractivity contribution in [3.05, 3.63) is 75.8 Å². The first-order chi connectivity index (χ1) is 12.2. The summed E-state index contributed by atoms with van der Waals surface area (Å²) in [5.41, 5.74) is 0.236. The number of hydrogen-bond donors (Lipinski definition) is 1. The number of benzene rings is 2. The minimum atomic E-state index is -4.43. The summed E-state index contributed by atoms with van der Waals surface area (Å²) in [7, 11) is -0.997. The molecule has 0 bridgehead atoms. The van der Waals surface area contributed by atoms with Crippen LogP contribution in [0, 0.1) is 4.78 Å². The van der Waals surface area contributed by atoms with Crippen LogP contribution in [0.5, 0.6) is 0 Å². The average Bonchev–Trinajstić information content (AvgIpc) is 2.89. The maximum absolute atomic E-state index is 13.1. The third kappa shape index (κ3) is 3.56. The third-order valence-electron chi connectivity index (χ3n) is 3.98. The van der Waals surface area contributed by atoms with Crippen molar-refractivity contribution in [2.75, 3.05) is 4.90 Å². The van der Waals surface area contributed by atoms with E-state index in [0.717, 1.165) is 17.0 Å². The molecule has 3 rings (SSSR count). The number of nitrogens with one attached hydrogen (secondary N) is 1. The molecular formula is C18H14ClF3N2S2. The van der Waals surface area contributed by atoms with Crippen LogP contribution >= 0.6 is 23.8 Å². The molecule has 2 nitrogen and oxygen atoms in total. The second-order valence-electron chi connectivity index (χ2n) is 5.73. The molecule has 1 heterocycles. The van der Waals surface area contributed by atoms with Gasteiger partial charge in [-0.25, -0.2) is 0 Å². The zero-order valence-corrected chi connectivity index (χ0v) is 15.9. The van der Waals surface area contributed by atoms with Crippen LogP contribution in [0.4, 0.5) is 18.9 Å². The molecule has 0 spiro atoms. The highest BCUT2D eigenvalue weighted by Gasteiger charge is 2.35. The van der Waals surface area contributed by atoms with E-state index in [0.29, 0.717) is 21.1 Å². The fourth-order valence-corrected chi connectivity index (χ4v) is 4.89. The highest BCUT2D eigenvalue weighted by molar-refractivity contribution is 7.94. The Hall–Kier alpha value is -1.70. The number of anilines is 1. The Bertz CT molecular complexity index is 925. The van der Waals surface area contributed by atoms with Gasteiger partial charge >= 0.3 is 6.18 Å². The lowest BCUT2D eigenvalue weighted by Crippen LogP contribution is -2.36. The molecule has 0 aliphatic carbocycles. The predicted molar refractivity (Wildman–Crippen MR) is 105 cm³/mol.